The Morgan fingerprint density at radius 3 is 3.14 bits per heavy atom. The molecular formula is C13H17N. The van der Waals surface area contributed by atoms with Gasteiger partial charge < -0.3 is 0 Å². The van der Waals surface area contributed by atoms with Crippen molar-refractivity contribution in [2.75, 3.05) is 0 Å². The Hall–Kier alpha value is -0.850. The van der Waals surface area contributed by atoms with Crippen LogP contribution in [0.1, 0.15) is 32.1 Å². The Morgan fingerprint density at radius 2 is 2.14 bits per heavy atom. The van der Waals surface area contributed by atoms with E-state index in [0.717, 1.165) is 11.8 Å². The largest absolute Gasteiger partial charge is 0.286 e. The first-order valence-corrected chi connectivity index (χ1v) is 5.86. The van der Waals surface area contributed by atoms with Crippen LogP contribution in [0.5, 0.6) is 0 Å². The van der Waals surface area contributed by atoms with Gasteiger partial charge in [0.15, 0.2) is 0 Å². The van der Waals surface area contributed by atoms with E-state index in [-0.39, 0.29) is 0 Å². The molecule has 14 heavy (non-hydrogen) atoms. The van der Waals surface area contributed by atoms with Crippen LogP contribution in [-0.4, -0.2) is 11.8 Å². The van der Waals surface area contributed by atoms with Crippen LogP contribution in [-0.2, 0) is 0 Å². The minimum Gasteiger partial charge on any atom is -0.286 e. The van der Waals surface area contributed by atoms with Crippen molar-refractivity contribution < 1.29 is 0 Å². The molecule has 0 fully saturated rings. The molecule has 0 saturated carbocycles. The summed E-state index contributed by atoms with van der Waals surface area (Å²) >= 11 is 0. The Morgan fingerprint density at radius 1 is 1.14 bits per heavy atom. The zero-order valence-corrected chi connectivity index (χ0v) is 8.52. The smallest absolute Gasteiger partial charge is 0.0572 e. The third-order valence-electron chi connectivity index (χ3n) is 3.77. The second-order valence-corrected chi connectivity index (χ2v) is 4.64. The molecule has 0 saturated heterocycles. The van der Waals surface area contributed by atoms with E-state index in [1.807, 2.05) is 0 Å². The van der Waals surface area contributed by atoms with Gasteiger partial charge in [-0.1, -0.05) is 18.2 Å². The van der Waals surface area contributed by atoms with Crippen molar-refractivity contribution in [2.45, 2.75) is 38.1 Å². The summed E-state index contributed by atoms with van der Waals surface area (Å²) in [6.07, 6.45) is 15.8. The van der Waals surface area contributed by atoms with E-state index in [1.165, 1.54) is 37.8 Å². The number of nitrogens with zero attached hydrogens (tertiary/aromatic N) is 1. The summed E-state index contributed by atoms with van der Waals surface area (Å²) in [5, 5.41) is 0. The predicted molar refractivity (Wildman–Crippen MR) is 59.6 cm³/mol. The molecule has 2 aliphatic carbocycles. The van der Waals surface area contributed by atoms with Crippen LogP contribution in [0.15, 0.2) is 29.3 Å². The summed E-state index contributed by atoms with van der Waals surface area (Å²) < 4.78 is 0. The standard InChI is InChI=1S/C13H17N/c1-2-6-10-11-7-4-5-9-13(11)14-12(10)8-3-1/h2,5-6,9-12H,1,3-4,7-8H2. The molecule has 3 aliphatic rings. The molecule has 0 radical (unpaired) electrons. The summed E-state index contributed by atoms with van der Waals surface area (Å²) in [6, 6.07) is 0.608. The molecule has 1 aliphatic heterocycles. The van der Waals surface area contributed by atoms with Gasteiger partial charge in [-0.05, 0) is 38.2 Å². The molecule has 0 aromatic rings. The van der Waals surface area contributed by atoms with Crippen molar-refractivity contribution >= 4 is 5.71 Å². The number of allylic oxidation sites excluding steroid dienone is 3. The maximum Gasteiger partial charge on any atom is 0.0572 e. The lowest BCUT2D eigenvalue weighted by molar-refractivity contribution is 0.420. The first kappa shape index (κ1) is 8.46. The minimum atomic E-state index is 0.608. The molecule has 3 rings (SSSR count). The van der Waals surface area contributed by atoms with Crippen molar-refractivity contribution in [1.82, 2.24) is 0 Å². The second kappa shape index (κ2) is 3.38. The predicted octanol–water partition coefficient (Wildman–Crippen LogP) is 3.13. The number of hydrogen-bond donors (Lipinski definition) is 0. The fourth-order valence-electron chi connectivity index (χ4n) is 3.04. The molecule has 3 unspecified atom stereocenters. The van der Waals surface area contributed by atoms with Gasteiger partial charge in [0, 0.05) is 17.5 Å². The average Bonchev–Trinajstić information content (AvgIpc) is 2.42. The Labute approximate surface area is 85.6 Å². The maximum atomic E-state index is 4.87. The van der Waals surface area contributed by atoms with Gasteiger partial charge in [-0.2, -0.15) is 0 Å². The van der Waals surface area contributed by atoms with Gasteiger partial charge in [0.2, 0.25) is 0 Å². The zero-order valence-electron chi connectivity index (χ0n) is 8.52. The molecule has 0 aromatic carbocycles. The van der Waals surface area contributed by atoms with Gasteiger partial charge in [0.25, 0.3) is 0 Å². The molecule has 1 heterocycles. The van der Waals surface area contributed by atoms with Crippen molar-refractivity contribution in [3.05, 3.63) is 24.3 Å². The van der Waals surface area contributed by atoms with Gasteiger partial charge >= 0.3 is 0 Å². The van der Waals surface area contributed by atoms with Crippen LogP contribution < -0.4 is 0 Å². The van der Waals surface area contributed by atoms with Crippen molar-refractivity contribution in [2.24, 2.45) is 16.8 Å². The third kappa shape index (κ3) is 1.26. The molecule has 0 spiro atoms. The molecule has 0 N–H and O–H groups in total. The number of aliphatic imine (C=N–C) groups is 1. The van der Waals surface area contributed by atoms with E-state index in [4.69, 9.17) is 4.99 Å². The molecular weight excluding hydrogens is 170 g/mol. The summed E-state index contributed by atoms with van der Waals surface area (Å²) in [4.78, 5) is 4.87. The lowest BCUT2D eigenvalue weighted by Gasteiger charge is -2.21. The minimum absolute atomic E-state index is 0.608. The van der Waals surface area contributed by atoms with Crippen LogP contribution in [0.3, 0.4) is 0 Å². The van der Waals surface area contributed by atoms with Gasteiger partial charge in [-0.15, -0.1) is 0 Å². The number of fused-ring (bicyclic) bond motifs is 3. The highest BCUT2D eigenvalue weighted by atomic mass is 14.9. The first-order chi connectivity index (χ1) is 6.95. The van der Waals surface area contributed by atoms with E-state index in [0.29, 0.717) is 6.04 Å². The van der Waals surface area contributed by atoms with Crippen LogP contribution in [0.4, 0.5) is 0 Å². The molecule has 0 bridgehead atoms. The Kier molecular flexibility index (Phi) is 2.04. The van der Waals surface area contributed by atoms with Crippen LogP contribution in [0, 0.1) is 11.8 Å². The molecule has 3 atom stereocenters. The number of rotatable bonds is 0. The topological polar surface area (TPSA) is 12.4 Å². The molecule has 74 valence electrons. The van der Waals surface area contributed by atoms with E-state index in [1.54, 1.807) is 0 Å². The average molecular weight is 187 g/mol. The summed E-state index contributed by atoms with van der Waals surface area (Å²) in [5.74, 6) is 1.48. The Balaban J connectivity index is 1.91. The molecule has 1 heteroatoms. The van der Waals surface area contributed by atoms with Crippen molar-refractivity contribution in [3.8, 4) is 0 Å². The summed E-state index contributed by atoms with van der Waals surface area (Å²) in [7, 11) is 0. The van der Waals surface area contributed by atoms with E-state index < -0.39 is 0 Å². The highest BCUT2D eigenvalue weighted by Gasteiger charge is 2.36. The first-order valence-electron chi connectivity index (χ1n) is 5.86. The fourth-order valence-corrected chi connectivity index (χ4v) is 3.04. The number of hydrogen-bond acceptors (Lipinski definition) is 1. The van der Waals surface area contributed by atoms with Gasteiger partial charge in [-0.3, -0.25) is 4.99 Å². The van der Waals surface area contributed by atoms with Crippen molar-refractivity contribution in [1.29, 1.82) is 0 Å². The quantitative estimate of drug-likeness (QED) is 0.517. The summed E-state index contributed by atoms with van der Waals surface area (Å²) in [6.45, 7) is 0. The van der Waals surface area contributed by atoms with Crippen LogP contribution in [0.25, 0.3) is 0 Å². The third-order valence-corrected chi connectivity index (χ3v) is 3.77. The highest BCUT2D eigenvalue weighted by molar-refractivity contribution is 5.99. The van der Waals surface area contributed by atoms with Gasteiger partial charge in [-0.25, -0.2) is 0 Å². The SMILES string of the molecule is C1=CC2C(CCC1)N=C1C=CCCC12. The summed E-state index contributed by atoms with van der Waals surface area (Å²) in [5.41, 5.74) is 1.39. The van der Waals surface area contributed by atoms with Crippen molar-refractivity contribution in [3.63, 3.8) is 0 Å². The molecule has 0 amide bonds. The van der Waals surface area contributed by atoms with E-state index in [2.05, 4.69) is 24.3 Å². The van der Waals surface area contributed by atoms with Gasteiger partial charge in [0.05, 0.1) is 6.04 Å². The lowest BCUT2D eigenvalue weighted by Crippen LogP contribution is -2.22. The van der Waals surface area contributed by atoms with Crippen LogP contribution >= 0.6 is 0 Å². The monoisotopic (exact) mass is 187 g/mol. The normalized spacial score (nSPS) is 40.0. The maximum absolute atomic E-state index is 4.87. The highest BCUT2D eigenvalue weighted by Crippen LogP contribution is 2.38. The molecule has 1 nitrogen and oxygen atoms in total. The Bertz CT molecular complexity index is 311. The fraction of sp³-hybridized carbons (Fsp3) is 0.615. The molecule has 0 aromatic heterocycles. The van der Waals surface area contributed by atoms with E-state index >= 15 is 0 Å². The lowest BCUT2D eigenvalue weighted by atomic mass is 9.81. The van der Waals surface area contributed by atoms with E-state index in [9.17, 15) is 0 Å². The van der Waals surface area contributed by atoms with Gasteiger partial charge in [0.1, 0.15) is 0 Å². The van der Waals surface area contributed by atoms with Crippen LogP contribution in [0.2, 0.25) is 0 Å². The second-order valence-electron chi connectivity index (χ2n) is 4.64. The zero-order chi connectivity index (χ0) is 9.38.